The maximum Gasteiger partial charge on any atom is -0.0103 e. The third kappa shape index (κ3) is 1.22. The summed E-state index contributed by atoms with van der Waals surface area (Å²) >= 11 is 0. The second-order valence-electron chi connectivity index (χ2n) is 3.88. The van der Waals surface area contributed by atoms with Gasteiger partial charge in [-0.25, -0.2) is 0 Å². The Morgan fingerprint density at radius 1 is 0.867 bits per heavy atom. The van der Waals surface area contributed by atoms with Crippen LogP contribution in [0.3, 0.4) is 0 Å². The van der Waals surface area contributed by atoms with Gasteiger partial charge in [0.1, 0.15) is 0 Å². The molecule has 0 spiro atoms. The first-order chi connectivity index (χ1) is 7.36. The van der Waals surface area contributed by atoms with E-state index < -0.39 is 0 Å². The monoisotopic (exact) mass is 191 g/mol. The molecule has 0 aliphatic carbocycles. The van der Waals surface area contributed by atoms with Crippen molar-refractivity contribution < 1.29 is 0 Å². The fourth-order valence-corrected chi connectivity index (χ4v) is 2.14. The molecule has 0 atom stereocenters. The molecule has 0 saturated heterocycles. The summed E-state index contributed by atoms with van der Waals surface area (Å²) in [5.74, 6) is 0. The highest BCUT2D eigenvalue weighted by Gasteiger charge is 2.00. The van der Waals surface area contributed by atoms with Crippen LogP contribution in [0.1, 0.15) is 5.56 Å². The SMILES string of the molecule is Cc1cccc2c1ccc1c[c]ccc12. The summed E-state index contributed by atoms with van der Waals surface area (Å²) in [5, 5.41) is 5.25. The van der Waals surface area contributed by atoms with E-state index in [4.69, 9.17) is 0 Å². The molecule has 71 valence electrons. The molecule has 0 aromatic heterocycles. The molecule has 15 heavy (non-hydrogen) atoms. The summed E-state index contributed by atoms with van der Waals surface area (Å²) in [6.07, 6.45) is 0. The lowest BCUT2D eigenvalue weighted by Crippen LogP contribution is -1.80. The molecular formula is C15H11. The molecule has 0 amide bonds. The van der Waals surface area contributed by atoms with E-state index in [0.717, 1.165) is 0 Å². The van der Waals surface area contributed by atoms with E-state index >= 15 is 0 Å². The van der Waals surface area contributed by atoms with Gasteiger partial charge in [-0.3, -0.25) is 0 Å². The van der Waals surface area contributed by atoms with E-state index in [1.165, 1.54) is 27.1 Å². The Morgan fingerprint density at radius 2 is 1.80 bits per heavy atom. The number of hydrogen-bond acceptors (Lipinski definition) is 0. The Kier molecular flexibility index (Phi) is 1.75. The molecule has 0 nitrogen and oxygen atoms in total. The zero-order valence-electron chi connectivity index (χ0n) is 8.62. The number of benzene rings is 3. The zero-order chi connectivity index (χ0) is 10.3. The molecular weight excluding hydrogens is 180 g/mol. The van der Waals surface area contributed by atoms with Gasteiger partial charge < -0.3 is 0 Å². The summed E-state index contributed by atoms with van der Waals surface area (Å²) in [6, 6.07) is 20.1. The lowest BCUT2D eigenvalue weighted by molar-refractivity contribution is 1.54. The molecule has 0 fully saturated rings. The lowest BCUT2D eigenvalue weighted by Gasteiger charge is -2.05. The van der Waals surface area contributed by atoms with E-state index in [2.05, 4.69) is 49.4 Å². The number of rotatable bonds is 0. The van der Waals surface area contributed by atoms with Crippen molar-refractivity contribution in [3.8, 4) is 0 Å². The third-order valence-electron chi connectivity index (χ3n) is 2.94. The minimum absolute atomic E-state index is 1.26. The van der Waals surface area contributed by atoms with Crippen LogP contribution in [-0.4, -0.2) is 0 Å². The van der Waals surface area contributed by atoms with Gasteiger partial charge in [0.2, 0.25) is 0 Å². The fraction of sp³-hybridized carbons (Fsp3) is 0.0667. The normalized spacial score (nSPS) is 11.0. The minimum Gasteiger partial charge on any atom is -0.0613 e. The van der Waals surface area contributed by atoms with Crippen LogP contribution in [-0.2, 0) is 0 Å². The van der Waals surface area contributed by atoms with E-state index in [0.29, 0.717) is 0 Å². The fourth-order valence-electron chi connectivity index (χ4n) is 2.14. The zero-order valence-corrected chi connectivity index (χ0v) is 8.62. The van der Waals surface area contributed by atoms with Gasteiger partial charge in [-0.15, -0.1) is 0 Å². The van der Waals surface area contributed by atoms with Crippen molar-refractivity contribution >= 4 is 21.5 Å². The van der Waals surface area contributed by atoms with Crippen LogP contribution in [0, 0.1) is 13.0 Å². The Morgan fingerprint density at radius 3 is 2.73 bits per heavy atom. The molecule has 0 aliphatic rings. The molecule has 0 bridgehead atoms. The highest BCUT2D eigenvalue weighted by Crippen LogP contribution is 2.26. The van der Waals surface area contributed by atoms with Gasteiger partial charge >= 0.3 is 0 Å². The standard InChI is InChI=1S/C15H11/c1-11-5-4-8-15-13(11)10-9-12-6-2-3-7-14(12)15/h3-10H,1H3. The summed E-state index contributed by atoms with van der Waals surface area (Å²) < 4.78 is 0. The van der Waals surface area contributed by atoms with Crippen LogP contribution in [0.2, 0.25) is 0 Å². The highest BCUT2D eigenvalue weighted by atomic mass is 14.0. The predicted octanol–water partition coefficient (Wildman–Crippen LogP) is 4.10. The van der Waals surface area contributed by atoms with Crippen LogP contribution < -0.4 is 0 Å². The Labute approximate surface area is 89.2 Å². The van der Waals surface area contributed by atoms with Gasteiger partial charge in [-0.1, -0.05) is 42.5 Å². The largest absolute Gasteiger partial charge is 0.0613 e. The Bertz CT molecular complexity index is 636. The van der Waals surface area contributed by atoms with E-state index in [1.54, 1.807) is 0 Å². The summed E-state index contributed by atoms with van der Waals surface area (Å²) in [6.45, 7) is 2.16. The quantitative estimate of drug-likeness (QED) is 0.469. The smallest absolute Gasteiger partial charge is 0.0103 e. The van der Waals surface area contributed by atoms with Crippen molar-refractivity contribution in [3.63, 3.8) is 0 Å². The van der Waals surface area contributed by atoms with E-state index in [9.17, 15) is 0 Å². The Hall–Kier alpha value is -1.82. The number of hydrogen-bond donors (Lipinski definition) is 0. The van der Waals surface area contributed by atoms with Crippen LogP contribution in [0.5, 0.6) is 0 Å². The molecule has 1 radical (unpaired) electrons. The van der Waals surface area contributed by atoms with Gasteiger partial charge in [0.05, 0.1) is 0 Å². The van der Waals surface area contributed by atoms with Crippen molar-refractivity contribution in [2.24, 2.45) is 0 Å². The van der Waals surface area contributed by atoms with Gasteiger partial charge in [0, 0.05) is 0 Å². The summed E-state index contributed by atoms with van der Waals surface area (Å²) in [5.41, 5.74) is 1.34. The predicted molar refractivity (Wildman–Crippen MR) is 65.0 cm³/mol. The Balaban J connectivity index is 2.60. The summed E-state index contributed by atoms with van der Waals surface area (Å²) in [7, 11) is 0. The van der Waals surface area contributed by atoms with Crippen LogP contribution >= 0.6 is 0 Å². The van der Waals surface area contributed by atoms with E-state index in [-0.39, 0.29) is 0 Å². The maximum atomic E-state index is 3.11. The van der Waals surface area contributed by atoms with E-state index in [1.807, 2.05) is 12.1 Å². The number of fused-ring (bicyclic) bond motifs is 3. The second kappa shape index (κ2) is 3.09. The van der Waals surface area contributed by atoms with Crippen molar-refractivity contribution in [1.29, 1.82) is 0 Å². The molecule has 3 aromatic carbocycles. The van der Waals surface area contributed by atoms with Gasteiger partial charge in [0.25, 0.3) is 0 Å². The first-order valence-corrected chi connectivity index (χ1v) is 5.14. The molecule has 0 saturated carbocycles. The van der Waals surface area contributed by atoms with Crippen LogP contribution in [0.15, 0.2) is 48.5 Å². The molecule has 0 aliphatic heterocycles. The van der Waals surface area contributed by atoms with Crippen molar-refractivity contribution in [1.82, 2.24) is 0 Å². The minimum atomic E-state index is 1.26. The molecule has 3 aromatic rings. The third-order valence-corrected chi connectivity index (χ3v) is 2.94. The molecule has 0 unspecified atom stereocenters. The molecule has 3 rings (SSSR count). The molecule has 0 N–H and O–H groups in total. The first-order valence-electron chi connectivity index (χ1n) is 5.14. The van der Waals surface area contributed by atoms with Crippen LogP contribution in [0.4, 0.5) is 0 Å². The van der Waals surface area contributed by atoms with Crippen molar-refractivity contribution in [3.05, 3.63) is 60.2 Å². The van der Waals surface area contributed by atoms with Gasteiger partial charge in [0.15, 0.2) is 0 Å². The summed E-state index contributed by atoms with van der Waals surface area (Å²) in [4.78, 5) is 0. The number of aryl methyl sites for hydroxylation is 1. The van der Waals surface area contributed by atoms with Crippen molar-refractivity contribution in [2.45, 2.75) is 6.92 Å². The average Bonchev–Trinajstić information content (AvgIpc) is 2.29. The maximum absolute atomic E-state index is 3.11. The lowest BCUT2D eigenvalue weighted by atomic mass is 9.99. The molecule has 0 heteroatoms. The van der Waals surface area contributed by atoms with Gasteiger partial charge in [-0.05, 0) is 46.2 Å². The van der Waals surface area contributed by atoms with Crippen molar-refractivity contribution in [2.75, 3.05) is 0 Å². The highest BCUT2D eigenvalue weighted by molar-refractivity contribution is 6.08. The average molecular weight is 191 g/mol. The van der Waals surface area contributed by atoms with Gasteiger partial charge in [-0.2, -0.15) is 0 Å². The van der Waals surface area contributed by atoms with Crippen LogP contribution in [0.25, 0.3) is 21.5 Å². The molecule has 0 heterocycles. The first kappa shape index (κ1) is 8.49. The second-order valence-corrected chi connectivity index (χ2v) is 3.88. The topological polar surface area (TPSA) is 0 Å².